The highest BCUT2D eigenvalue weighted by Gasteiger charge is 2.06. The minimum atomic E-state index is 1.05. The van der Waals surface area contributed by atoms with E-state index in [1.807, 2.05) is 42.7 Å². The fourth-order valence-electron chi connectivity index (χ4n) is 1.07. The number of fused-ring (bicyclic) bond motifs is 1. The van der Waals surface area contributed by atoms with E-state index in [1.54, 1.807) is 0 Å². The summed E-state index contributed by atoms with van der Waals surface area (Å²) in [5.74, 6) is 0. The molecule has 0 atom stereocenters. The highest BCUT2D eigenvalue weighted by Crippen LogP contribution is 2.17. The van der Waals surface area contributed by atoms with Crippen molar-refractivity contribution in [3.05, 3.63) is 60.0 Å². The van der Waals surface area contributed by atoms with E-state index in [4.69, 9.17) is 0 Å². The first-order valence-electron chi connectivity index (χ1n) is 3.60. The van der Waals surface area contributed by atoms with E-state index in [2.05, 4.69) is 11.4 Å². The molecule has 1 aliphatic carbocycles. The van der Waals surface area contributed by atoms with Gasteiger partial charge in [0.05, 0.1) is 5.70 Å². The maximum atomic E-state index is 4.19. The Morgan fingerprint density at radius 1 is 0.909 bits per heavy atom. The molecule has 0 unspecified atom stereocenters. The van der Waals surface area contributed by atoms with Gasteiger partial charge in [-0.1, -0.05) is 30.4 Å². The molecule has 1 heterocycles. The van der Waals surface area contributed by atoms with Gasteiger partial charge in [0.15, 0.2) is 0 Å². The third-order valence-corrected chi connectivity index (χ3v) is 1.63. The largest absolute Gasteiger partial charge is 0.256 e. The minimum absolute atomic E-state index is 1.05. The van der Waals surface area contributed by atoms with Gasteiger partial charge in [-0.2, -0.15) is 0 Å². The van der Waals surface area contributed by atoms with Crippen LogP contribution in [0.5, 0.6) is 0 Å². The molecule has 1 nitrogen and oxygen atoms in total. The van der Waals surface area contributed by atoms with Crippen molar-refractivity contribution in [2.24, 2.45) is 0 Å². The highest BCUT2D eigenvalue weighted by atomic mass is 14.9. The molecule has 0 aromatic heterocycles. The molecule has 0 saturated heterocycles. The lowest BCUT2D eigenvalue weighted by atomic mass is 10.1. The van der Waals surface area contributed by atoms with Gasteiger partial charge in [-0.3, -0.25) is 5.32 Å². The average Bonchev–Trinajstić information content (AvgIpc) is 2.35. The molecule has 0 saturated carbocycles. The quantitative estimate of drug-likeness (QED) is 0.491. The molecular weight excluding hydrogens is 134 g/mol. The summed E-state index contributed by atoms with van der Waals surface area (Å²) in [6, 6.07) is 0. The summed E-state index contributed by atoms with van der Waals surface area (Å²) in [5.41, 5.74) is 2.23. The van der Waals surface area contributed by atoms with Crippen LogP contribution in [0.15, 0.2) is 60.0 Å². The van der Waals surface area contributed by atoms with Crippen LogP contribution in [0.3, 0.4) is 0 Å². The fourth-order valence-corrected chi connectivity index (χ4v) is 1.07. The molecule has 0 bridgehead atoms. The molecule has 0 spiro atoms. The molecule has 0 fully saturated rings. The van der Waals surface area contributed by atoms with E-state index in [0.717, 1.165) is 5.70 Å². The molecule has 1 heteroatoms. The first kappa shape index (κ1) is 6.23. The SMILES string of the molecule is C1=CC=C2C=C[N]C2=CC=C1. The van der Waals surface area contributed by atoms with E-state index < -0.39 is 0 Å². The van der Waals surface area contributed by atoms with Gasteiger partial charge in [0.1, 0.15) is 0 Å². The summed E-state index contributed by atoms with van der Waals surface area (Å²) in [6.45, 7) is 0. The van der Waals surface area contributed by atoms with E-state index >= 15 is 0 Å². The van der Waals surface area contributed by atoms with Crippen LogP contribution in [0, 0.1) is 0 Å². The standard InChI is InChI=1S/C10H8N/c1-2-4-6-10-9(5-3-1)7-8-11-10/h1-8H. The maximum Gasteiger partial charge on any atom is 0.0702 e. The van der Waals surface area contributed by atoms with E-state index in [1.165, 1.54) is 5.57 Å². The van der Waals surface area contributed by atoms with Crippen LogP contribution in [0.4, 0.5) is 0 Å². The predicted octanol–water partition coefficient (Wildman–Crippen LogP) is 2.05. The summed E-state index contributed by atoms with van der Waals surface area (Å²) in [4.78, 5) is 0. The smallest absolute Gasteiger partial charge is 0.0702 e. The summed E-state index contributed by atoms with van der Waals surface area (Å²) in [5, 5.41) is 4.19. The van der Waals surface area contributed by atoms with Crippen LogP contribution in [-0.4, -0.2) is 0 Å². The second kappa shape index (κ2) is 2.62. The van der Waals surface area contributed by atoms with Gasteiger partial charge < -0.3 is 0 Å². The Bertz CT molecular complexity index is 301. The Balaban J connectivity index is 2.41. The zero-order valence-corrected chi connectivity index (χ0v) is 6.07. The van der Waals surface area contributed by atoms with E-state index in [-0.39, 0.29) is 0 Å². The van der Waals surface area contributed by atoms with Crippen LogP contribution < -0.4 is 5.32 Å². The lowest BCUT2D eigenvalue weighted by molar-refractivity contribution is 1.12. The Hall–Kier alpha value is -1.50. The lowest BCUT2D eigenvalue weighted by Crippen LogP contribution is -1.90. The molecule has 1 radical (unpaired) electrons. The van der Waals surface area contributed by atoms with Crippen LogP contribution in [-0.2, 0) is 0 Å². The van der Waals surface area contributed by atoms with Gasteiger partial charge in [0, 0.05) is 11.8 Å². The zero-order valence-electron chi connectivity index (χ0n) is 6.07. The predicted molar refractivity (Wildman–Crippen MR) is 45.7 cm³/mol. The van der Waals surface area contributed by atoms with Crippen LogP contribution >= 0.6 is 0 Å². The van der Waals surface area contributed by atoms with Crippen molar-refractivity contribution >= 4 is 0 Å². The Kier molecular flexibility index (Phi) is 1.48. The number of rotatable bonds is 0. The molecule has 1 aliphatic heterocycles. The van der Waals surface area contributed by atoms with Crippen molar-refractivity contribution in [2.75, 3.05) is 0 Å². The number of allylic oxidation sites excluding steroid dienone is 7. The van der Waals surface area contributed by atoms with Crippen molar-refractivity contribution in [2.45, 2.75) is 0 Å². The van der Waals surface area contributed by atoms with Crippen molar-refractivity contribution in [3.63, 3.8) is 0 Å². The first-order valence-corrected chi connectivity index (χ1v) is 3.60. The van der Waals surface area contributed by atoms with Crippen LogP contribution in [0.25, 0.3) is 0 Å². The van der Waals surface area contributed by atoms with Crippen LogP contribution in [0.1, 0.15) is 0 Å². The third-order valence-electron chi connectivity index (χ3n) is 1.63. The topological polar surface area (TPSA) is 14.1 Å². The average molecular weight is 142 g/mol. The monoisotopic (exact) mass is 142 g/mol. The molecule has 2 rings (SSSR count). The van der Waals surface area contributed by atoms with Crippen molar-refractivity contribution in [1.29, 1.82) is 0 Å². The first-order chi connectivity index (χ1) is 5.47. The van der Waals surface area contributed by atoms with Crippen molar-refractivity contribution < 1.29 is 0 Å². The minimum Gasteiger partial charge on any atom is -0.256 e. The number of hydrogen-bond donors (Lipinski definition) is 0. The maximum absolute atomic E-state index is 4.19. The van der Waals surface area contributed by atoms with Crippen molar-refractivity contribution in [3.8, 4) is 0 Å². The molecule has 0 amide bonds. The zero-order chi connectivity index (χ0) is 7.52. The summed E-state index contributed by atoms with van der Waals surface area (Å²) >= 11 is 0. The molecule has 11 heavy (non-hydrogen) atoms. The third kappa shape index (κ3) is 1.17. The molecule has 2 aliphatic rings. The molecule has 0 aromatic rings. The molecule has 0 N–H and O–H groups in total. The summed E-state index contributed by atoms with van der Waals surface area (Å²) in [6.07, 6.45) is 15.9. The van der Waals surface area contributed by atoms with Crippen LogP contribution in [0.2, 0.25) is 0 Å². The Morgan fingerprint density at radius 2 is 1.73 bits per heavy atom. The second-order valence-electron chi connectivity index (χ2n) is 2.39. The van der Waals surface area contributed by atoms with Gasteiger partial charge in [0.2, 0.25) is 0 Å². The van der Waals surface area contributed by atoms with E-state index in [0.29, 0.717) is 0 Å². The number of nitrogens with zero attached hydrogens (tertiary/aromatic N) is 1. The summed E-state index contributed by atoms with van der Waals surface area (Å²) < 4.78 is 0. The van der Waals surface area contributed by atoms with Gasteiger partial charge in [-0.15, -0.1) is 0 Å². The molecule has 0 aromatic carbocycles. The Morgan fingerprint density at radius 3 is 2.64 bits per heavy atom. The second-order valence-corrected chi connectivity index (χ2v) is 2.39. The molecular formula is C10H8N. The normalized spacial score (nSPS) is 19.6. The Labute approximate surface area is 66.1 Å². The van der Waals surface area contributed by atoms with Gasteiger partial charge >= 0.3 is 0 Å². The fraction of sp³-hybridized carbons (Fsp3) is 0. The lowest BCUT2D eigenvalue weighted by Gasteiger charge is -1.96. The molecule has 53 valence electrons. The van der Waals surface area contributed by atoms with Crippen molar-refractivity contribution in [1.82, 2.24) is 5.32 Å². The summed E-state index contributed by atoms with van der Waals surface area (Å²) in [7, 11) is 0. The van der Waals surface area contributed by atoms with Gasteiger partial charge in [0.25, 0.3) is 0 Å². The highest BCUT2D eigenvalue weighted by molar-refractivity contribution is 5.48. The number of hydrogen-bond acceptors (Lipinski definition) is 0. The van der Waals surface area contributed by atoms with Gasteiger partial charge in [-0.25, -0.2) is 0 Å². The van der Waals surface area contributed by atoms with Gasteiger partial charge in [-0.05, 0) is 12.2 Å². The van der Waals surface area contributed by atoms with E-state index in [9.17, 15) is 0 Å².